The van der Waals surface area contributed by atoms with E-state index in [1.54, 1.807) is 0 Å². The van der Waals surface area contributed by atoms with Gasteiger partial charge in [-0.05, 0) is 19.4 Å². The van der Waals surface area contributed by atoms with Gasteiger partial charge in [0.25, 0.3) is 0 Å². The summed E-state index contributed by atoms with van der Waals surface area (Å²) >= 11 is 0. The van der Waals surface area contributed by atoms with Crippen LogP contribution in [0.3, 0.4) is 0 Å². The van der Waals surface area contributed by atoms with Crippen LogP contribution in [-0.4, -0.2) is 65.4 Å². The van der Waals surface area contributed by atoms with Crippen LogP contribution < -0.4 is 5.11 Å². The van der Waals surface area contributed by atoms with Crippen LogP contribution in [0.4, 0.5) is 0 Å². The van der Waals surface area contributed by atoms with E-state index in [1.165, 1.54) is 71.6 Å². The number of esters is 1. The summed E-state index contributed by atoms with van der Waals surface area (Å²) in [5.41, 5.74) is 0. The number of allylic oxidation sites excluding steroid dienone is 1. The standard InChI is InChI=1S/C19H40NO3.C4H5NO4S/c1-5-6-7-8-9-10-11-12-13-14-16-22-18-20(3,4)15-17-23-19(2)21;1-3-2-4(6)5-10(7,8)9-3/h5-18H2,1-4H3;2H,1H3,(H,5,6)/q+1;/p-1. The number of ether oxygens (including phenoxy) is 2. The SMILES string of the molecule is CC1=CC([O-])=NS(=O)(=O)O1.CCCCCCCCCCCCOC[N+](C)(C)CCOC(C)=O. The summed E-state index contributed by atoms with van der Waals surface area (Å²) in [6, 6.07) is 0. The van der Waals surface area contributed by atoms with Crippen molar-refractivity contribution in [3.63, 3.8) is 0 Å². The Morgan fingerprint density at radius 3 is 2.06 bits per heavy atom. The summed E-state index contributed by atoms with van der Waals surface area (Å²) in [7, 11) is 0.225. The highest BCUT2D eigenvalue weighted by Gasteiger charge is 2.15. The van der Waals surface area contributed by atoms with E-state index in [-0.39, 0.29) is 11.7 Å². The lowest BCUT2D eigenvalue weighted by atomic mass is 10.1. The normalized spacial score (nSPS) is 14.9. The van der Waals surface area contributed by atoms with Crippen molar-refractivity contribution in [1.82, 2.24) is 0 Å². The number of hydrogen-bond acceptors (Lipinski definition) is 7. The van der Waals surface area contributed by atoms with Crippen LogP contribution in [0.1, 0.15) is 85.0 Å². The molecule has 0 bridgehead atoms. The molecule has 0 aliphatic carbocycles. The van der Waals surface area contributed by atoms with Crippen LogP contribution in [0.5, 0.6) is 0 Å². The Balaban J connectivity index is 0.000000843. The van der Waals surface area contributed by atoms with Gasteiger partial charge in [0.05, 0.1) is 20.7 Å². The van der Waals surface area contributed by atoms with E-state index >= 15 is 0 Å². The maximum atomic E-state index is 10.7. The molecule has 1 heterocycles. The molecule has 0 saturated heterocycles. The third kappa shape index (κ3) is 20.7. The molecular weight excluding hydrogens is 448 g/mol. The summed E-state index contributed by atoms with van der Waals surface area (Å²) in [5, 5.41) is 10.4. The van der Waals surface area contributed by atoms with Crippen LogP contribution in [0, 0.1) is 0 Å². The Labute approximate surface area is 200 Å². The molecule has 9 nitrogen and oxygen atoms in total. The monoisotopic (exact) mass is 492 g/mol. The van der Waals surface area contributed by atoms with E-state index in [0.717, 1.165) is 30.1 Å². The Bertz CT molecular complexity index is 704. The minimum absolute atomic E-state index is 0.0417. The molecule has 0 spiro atoms. The Morgan fingerprint density at radius 2 is 1.58 bits per heavy atom. The van der Waals surface area contributed by atoms with Gasteiger partial charge < -0.3 is 23.2 Å². The molecule has 0 aromatic heterocycles. The predicted octanol–water partition coefficient (Wildman–Crippen LogP) is 3.44. The van der Waals surface area contributed by atoms with Crippen molar-refractivity contribution in [3.8, 4) is 0 Å². The number of likely N-dealkylation sites (N-methyl/N-ethyl adjacent to an activating group) is 1. The first-order valence-corrected chi connectivity index (χ1v) is 13.3. The van der Waals surface area contributed by atoms with Gasteiger partial charge in [-0.2, -0.15) is 8.42 Å². The quantitative estimate of drug-likeness (QED) is 0.140. The van der Waals surface area contributed by atoms with Crippen molar-refractivity contribution in [2.75, 3.05) is 40.6 Å². The zero-order valence-corrected chi connectivity index (χ0v) is 22.0. The van der Waals surface area contributed by atoms with Gasteiger partial charge in [-0.15, -0.1) is 4.40 Å². The van der Waals surface area contributed by atoms with Crippen LogP contribution in [0.15, 0.2) is 16.2 Å². The summed E-state index contributed by atoms with van der Waals surface area (Å²) in [6.07, 6.45) is 14.5. The largest absolute Gasteiger partial charge is 0.858 e. The first kappa shape index (κ1) is 31.4. The number of unbranched alkanes of at least 4 members (excludes halogenated alkanes) is 9. The first-order chi connectivity index (χ1) is 15.5. The molecule has 0 saturated carbocycles. The molecule has 10 heteroatoms. The van der Waals surface area contributed by atoms with Crippen molar-refractivity contribution < 1.29 is 36.5 Å². The van der Waals surface area contributed by atoms with Crippen molar-refractivity contribution in [2.24, 2.45) is 4.40 Å². The molecule has 0 fully saturated rings. The third-order valence-corrected chi connectivity index (χ3v) is 5.73. The van der Waals surface area contributed by atoms with Crippen molar-refractivity contribution in [1.29, 1.82) is 0 Å². The fourth-order valence-electron chi connectivity index (χ4n) is 3.02. The molecule has 0 aromatic carbocycles. The van der Waals surface area contributed by atoms with Crippen molar-refractivity contribution in [3.05, 3.63) is 11.8 Å². The molecule has 1 aliphatic heterocycles. The van der Waals surface area contributed by atoms with Gasteiger partial charge in [-0.25, -0.2) is 0 Å². The summed E-state index contributed by atoms with van der Waals surface area (Å²) < 4.78 is 39.2. The Kier molecular flexibility index (Phi) is 16.9. The van der Waals surface area contributed by atoms with Gasteiger partial charge in [-0.3, -0.25) is 4.79 Å². The zero-order valence-electron chi connectivity index (χ0n) is 21.1. The molecule has 33 heavy (non-hydrogen) atoms. The first-order valence-electron chi connectivity index (χ1n) is 11.9. The topological polar surface area (TPSA) is 114 Å². The van der Waals surface area contributed by atoms with E-state index in [0.29, 0.717) is 13.3 Å². The molecule has 0 atom stereocenters. The summed E-state index contributed by atoms with van der Waals surface area (Å²) in [6.45, 7) is 7.85. The number of nitrogens with zero attached hydrogens (tertiary/aromatic N) is 2. The van der Waals surface area contributed by atoms with Gasteiger partial charge in [0, 0.05) is 12.8 Å². The van der Waals surface area contributed by atoms with E-state index in [1.807, 2.05) is 0 Å². The fourth-order valence-corrected chi connectivity index (χ4v) is 3.71. The molecule has 1 aliphatic rings. The smallest absolute Gasteiger partial charge is 0.427 e. The molecule has 0 aromatic rings. The van der Waals surface area contributed by atoms with Gasteiger partial charge in [0.15, 0.2) is 6.73 Å². The summed E-state index contributed by atoms with van der Waals surface area (Å²) in [5.74, 6) is -0.972. The van der Waals surface area contributed by atoms with Crippen molar-refractivity contribution >= 4 is 22.2 Å². The fraction of sp³-hybridized carbons (Fsp3) is 0.826. The van der Waals surface area contributed by atoms with Gasteiger partial charge >= 0.3 is 16.3 Å². The van der Waals surface area contributed by atoms with E-state index in [4.69, 9.17) is 9.47 Å². The van der Waals surface area contributed by atoms with Crippen molar-refractivity contribution in [2.45, 2.75) is 85.0 Å². The molecule has 0 radical (unpaired) electrons. The predicted molar refractivity (Wildman–Crippen MR) is 127 cm³/mol. The van der Waals surface area contributed by atoms with E-state index in [9.17, 15) is 18.3 Å². The maximum absolute atomic E-state index is 10.7. The number of rotatable bonds is 16. The van der Waals surface area contributed by atoms with Crippen LogP contribution in [0.25, 0.3) is 0 Å². The maximum Gasteiger partial charge on any atom is 0.427 e. The third-order valence-electron chi connectivity index (χ3n) is 4.85. The Morgan fingerprint density at radius 1 is 1.03 bits per heavy atom. The molecular formula is C23H44N2O7S. The number of carbonyl (C=O) groups is 1. The van der Waals surface area contributed by atoms with Crippen LogP contribution in [-0.2, 0) is 28.8 Å². The number of quaternary nitrogens is 1. The lowest BCUT2D eigenvalue weighted by Crippen LogP contribution is -2.44. The Hall–Kier alpha value is -1.65. The highest BCUT2D eigenvalue weighted by Crippen LogP contribution is 2.11. The second kappa shape index (κ2) is 17.8. The lowest BCUT2D eigenvalue weighted by molar-refractivity contribution is -0.909. The zero-order chi connectivity index (χ0) is 25.2. The highest BCUT2D eigenvalue weighted by atomic mass is 32.2. The molecule has 0 unspecified atom stereocenters. The average molecular weight is 493 g/mol. The lowest BCUT2D eigenvalue weighted by Gasteiger charge is -2.28. The molecule has 194 valence electrons. The highest BCUT2D eigenvalue weighted by molar-refractivity contribution is 7.85. The van der Waals surface area contributed by atoms with Gasteiger partial charge in [-0.1, -0.05) is 64.7 Å². The second-order valence-electron chi connectivity index (χ2n) is 8.91. The molecule has 0 N–H and O–H groups in total. The van der Waals surface area contributed by atoms with E-state index in [2.05, 4.69) is 29.6 Å². The van der Waals surface area contributed by atoms with Crippen LogP contribution in [0.2, 0.25) is 0 Å². The minimum Gasteiger partial charge on any atom is -0.858 e. The number of carbonyl (C=O) groups excluding carboxylic acids is 1. The van der Waals surface area contributed by atoms with Gasteiger partial charge in [0.1, 0.15) is 18.9 Å². The van der Waals surface area contributed by atoms with Gasteiger partial charge in [0.2, 0.25) is 0 Å². The minimum atomic E-state index is -3.97. The molecule has 1 rings (SSSR count). The molecule has 0 amide bonds. The second-order valence-corrected chi connectivity index (χ2v) is 10.1. The summed E-state index contributed by atoms with van der Waals surface area (Å²) in [4.78, 5) is 10.7. The number of hydrogen-bond donors (Lipinski definition) is 0. The average Bonchev–Trinajstić information content (AvgIpc) is 2.67. The van der Waals surface area contributed by atoms with Crippen LogP contribution >= 0.6 is 0 Å². The van der Waals surface area contributed by atoms with E-state index < -0.39 is 16.2 Å².